The summed E-state index contributed by atoms with van der Waals surface area (Å²) in [7, 11) is 0. The number of thioether (sulfide) groups is 1. The summed E-state index contributed by atoms with van der Waals surface area (Å²) in [5, 5.41) is 2.64. The minimum atomic E-state index is -1.10. The molecule has 0 aliphatic heterocycles. The molecule has 0 bridgehead atoms. The first-order chi connectivity index (χ1) is 8.06. The van der Waals surface area contributed by atoms with Gasteiger partial charge in [-0.3, -0.25) is 4.79 Å². The number of rotatable bonds is 5. The van der Waals surface area contributed by atoms with E-state index in [1.807, 2.05) is 13.2 Å². The smallest absolute Gasteiger partial charge is 0.254 e. The summed E-state index contributed by atoms with van der Waals surface area (Å²) >= 11 is 1.67. The molecular formula is C12H15F2NOS. The predicted octanol–water partition coefficient (Wildman–Crippen LogP) is 2.84. The normalized spacial score (nSPS) is 12.2. The highest BCUT2D eigenvalue weighted by Crippen LogP contribution is 2.11. The fraction of sp³-hybridized carbons (Fsp3) is 0.417. The Balaban J connectivity index is 2.67. The maximum atomic E-state index is 13.3. The van der Waals surface area contributed by atoms with E-state index >= 15 is 0 Å². The van der Waals surface area contributed by atoms with Crippen LogP contribution >= 0.6 is 11.8 Å². The van der Waals surface area contributed by atoms with Gasteiger partial charge in [0.2, 0.25) is 0 Å². The van der Waals surface area contributed by atoms with Crippen LogP contribution in [0.3, 0.4) is 0 Å². The van der Waals surface area contributed by atoms with Gasteiger partial charge in [0, 0.05) is 6.04 Å². The summed E-state index contributed by atoms with van der Waals surface area (Å²) in [6, 6.07) is 3.52. The summed E-state index contributed by atoms with van der Waals surface area (Å²) in [5.74, 6) is -1.76. The third kappa shape index (κ3) is 4.00. The van der Waals surface area contributed by atoms with Crippen LogP contribution in [0, 0.1) is 11.6 Å². The quantitative estimate of drug-likeness (QED) is 0.881. The van der Waals surface area contributed by atoms with Crippen LogP contribution < -0.4 is 5.32 Å². The highest BCUT2D eigenvalue weighted by molar-refractivity contribution is 7.98. The average Bonchev–Trinajstić information content (AvgIpc) is 2.29. The number of nitrogens with one attached hydrogen (secondary N) is 1. The third-order valence-corrected chi connectivity index (χ3v) is 2.97. The van der Waals surface area contributed by atoms with Gasteiger partial charge in [-0.25, -0.2) is 8.78 Å². The Morgan fingerprint density at radius 2 is 2.18 bits per heavy atom. The molecule has 17 heavy (non-hydrogen) atoms. The second-order valence-corrected chi connectivity index (χ2v) is 4.74. The maximum absolute atomic E-state index is 13.3. The lowest BCUT2D eigenvalue weighted by molar-refractivity contribution is 0.0934. The van der Waals surface area contributed by atoms with Gasteiger partial charge >= 0.3 is 0 Å². The summed E-state index contributed by atoms with van der Waals surface area (Å²) in [5.41, 5.74) is -0.249. The number of hydrogen-bond acceptors (Lipinski definition) is 2. The van der Waals surface area contributed by atoms with Crippen LogP contribution in [0.15, 0.2) is 18.2 Å². The molecule has 1 unspecified atom stereocenters. The fourth-order valence-electron chi connectivity index (χ4n) is 1.35. The van der Waals surface area contributed by atoms with E-state index in [0.29, 0.717) is 0 Å². The molecule has 1 aromatic carbocycles. The van der Waals surface area contributed by atoms with Crippen molar-refractivity contribution in [2.24, 2.45) is 0 Å². The molecule has 1 amide bonds. The van der Waals surface area contributed by atoms with Crippen molar-refractivity contribution in [1.82, 2.24) is 5.32 Å². The van der Waals surface area contributed by atoms with Gasteiger partial charge in [-0.1, -0.05) is 6.07 Å². The molecule has 0 spiro atoms. The fourth-order valence-corrected chi connectivity index (χ4v) is 1.94. The second-order valence-electron chi connectivity index (χ2n) is 3.76. The molecule has 0 fully saturated rings. The van der Waals surface area contributed by atoms with E-state index in [4.69, 9.17) is 0 Å². The number of carbonyl (C=O) groups is 1. The van der Waals surface area contributed by atoms with E-state index in [1.165, 1.54) is 12.1 Å². The molecule has 0 aliphatic carbocycles. The average molecular weight is 259 g/mol. The molecule has 1 atom stereocenters. The Bertz CT molecular complexity index is 398. The number of carbonyl (C=O) groups excluding carboxylic acids is 1. The third-order valence-electron chi connectivity index (χ3n) is 2.33. The second kappa shape index (κ2) is 6.59. The molecule has 1 aromatic rings. The SMILES string of the molecule is CSCCC(C)NC(=O)c1cccc(F)c1F. The first kappa shape index (κ1) is 14.0. The van der Waals surface area contributed by atoms with Crippen molar-refractivity contribution in [3.63, 3.8) is 0 Å². The number of halogens is 2. The lowest BCUT2D eigenvalue weighted by Gasteiger charge is -2.13. The number of benzene rings is 1. The lowest BCUT2D eigenvalue weighted by Crippen LogP contribution is -2.33. The van der Waals surface area contributed by atoms with E-state index in [-0.39, 0.29) is 11.6 Å². The van der Waals surface area contributed by atoms with Gasteiger partial charge in [-0.05, 0) is 37.5 Å². The summed E-state index contributed by atoms with van der Waals surface area (Å²) in [6.07, 6.45) is 2.77. The minimum absolute atomic E-state index is 0.0578. The van der Waals surface area contributed by atoms with Crippen molar-refractivity contribution < 1.29 is 13.6 Å². The molecule has 2 nitrogen and oxygen atoms in total. The van der Waals surface area contributed by atoms with Crippen LogP contribution in [0.4, 0.5) is 8.78 Å². The van der Waals surface area contributed by atoms with Crippen LogP contribution in [0.2, 0.25) is 0 Å². The molecule has 1 N–H and O–H groups in total. The maximum Gasteiger partial charge on any atom is 0.254 e. The Labute approximate surface area is 104 Å². The summed E-state index contributed by atoms with van der Waals surface area (Å²) < 4.78 is 26.2. The molecule has 0 radical (unpaired) electrons. The van der Waals surface area contributed by atoms with Crippen LogP contribution in [0.1, 0.15) is 23.7 Å². The Kier molecular flexibility index (Phi) is 5.41. The van der Waals surface area contributed by atoms with Crippen LogP contribution in [-0.4, -0.2) is 24.0 Å². The first-order valence-corrected chi connectivity index (χ1v) is 6.69. The molecule has 0 heterocycles. The molecule has 0 saturated carbocycles. The molecule has 0 aromatic heterocycles. The van der Waals surface area contributed by atoms with Crippen molar-refractivity contribution in [3.05, 3.63) is 35.4 Å². The number of hydrogen-bond donors (Lipinski definition) is 1. The van der Waals surface area contributed by atoms with E-state index in [1.54, 1.807) is 11.8 Å². The summed E-state index contributed by atoms with van der Waals surface area (Å²) in [6.45, 7) is 1.84. The van der Waals surface area contributed by atoms with Gasteiger partial charge in [0.25, 0.3) is 5.91 Å². The van der Waals surface area contributed by atoms with E-state index in [2.05, 4.69) is 5.32 Å². The Morgan fingerprint density at radius 3 is 2.82 bits per heavy atom. The van der Waals surface area contributed by atoms with Gasteiger partial charge in [0.1, 0.15) is 0 Å². The van der Waals surface area contributed by atoms with E-state index in [9.17, 15) is 13.6 Å². The van der Waals surface area contributed by atoms with Gasteiger partial charge < -0.3 is 5.32 Å². The van der Waals surface area contributed by atoms with Crippen molar-refractivity contribution in [2.45, 2.75) is 19.4 Å². The molecule has 0 saturated heterocycles. The van der Waals surface area contributed by atoms with Crippen molar-refractivity contribution in [2.75, 3.05) is 12.0 Å². The highest BCUT2D eigenvalue weighted by Gasteiger charge is 2.16. The molecule has 94 valence electrons. The van der Waals surface area contributed by atoms with Gasteiger partial charge in [0.05, 0.1) is 5.56 Å². The highest BCUT2D eigenvalue weighted by atomic mass is 32.2. The molecular weight excluding hydrogens is 244 g/mol. The zero-order valence-electron chi connectivity index (χ0n) is 9.80. The van der Waals surface area contributed by atoms with Crippen molar-refractivity contribution in [1.29, 1.82) is 0 Å². The molecule has 5 heteroatoms. The monoisotopic (exact) mass is 259 g/mol. The number of amides is 1. The van der Waals surface area contributed by atoms with Gasteiger partial charge in [-0.15, -0.1) is 0 Å². The van der Waals surface area contributed by atoms with Gasteiger partial charge in [0.15, 0.2) is 11.6 Å². The lowest BCUT2D eigenvalue weighted by atomic mass is 10.1. The topological polar surface area (TPSA) is 29.1 Å². The zero-order chi connectivity index (χ0) is 12.8. The molecule has 0 aliphatic rings. The zero-order valence-corrected chi connectivity index (χ0v) is 10.6. The van der Waals surface area contributed by atoms with Crippen LogP contribution in [0.25, 0.3) is 0 Å². The Hall–Kier alpha value is -1.10. The van der Waals surface area contributed by atoms with Crippen molar-refractivity contribution in [3.8, 4) is 0 Å². The van der Waals surface area contributed by atoms with Crippen LogP contribution in [0.5, 0.6) is 0 Å². The largest absolute Gasteiger partial charge is 0.349 e. The van der Waals surface area contributed by atoms with E-state index < -0.39 is 17.5 Å². The standard InChI is InChI=1S/C12H15F2NOS/c1-8(6-7-17-2)15-12(16)9-4-3-5-10(13)11(9)14/h3-5,8H,6-7H2,1-2H3,(H,15,16). The predicted molar refractivity (Wildman–Crippen MR) is 66.3 cm³/mol. The first-order valence-electron chi connectivity index (χ1n) is 5.30. The summed E-state index contributed by atoms with van der Waals surface area (Å²) in [4.78, 5) is 11.7. The van der Waals surface area contributed by atoms with Crippen molar-refractivity contribution >= 4 is 17.7 Å². The van der Waals surface area contributed by atoms with Crippen LogP contribution in [-0.2, 0) is 0 Å². The molecule has 1 rings (SSSR count). The van der Waals surface area contributed by atoms with Gasteiger partial charge in [-0.2, -0.15) is 11.8 Å². The minimum Gasteiger partial charge on any atom is -0.349 e. The van der Waals surface area contributed by atoms with E-state index in [0.717, 1.165) is 18.2 Å². The Morgan fingerprint density at radius 1 is 1.47 bits per heavy atom.